The van der Waals surface area contributed by atoms with Crippen LogP contribution in [0.1, 0.15) is 5.89 Å². The second kappa shape index (κ2) is 3.79. The van der Waals surface area contributed by atoms with Crippen molar-refractivity contribution in [2.75, 3.05) is 38.1 Å². The molecule has 1 aliphatic rings. The molecule has 5 nitrogen and oxygen atoms in total. The van der Waals surface area contributed by atoms with Gasteiger partial charge in [-0.2, -0.15) is 4.98 Å². The predicted octanol–water partition coefficient (Wildman–Crippen LogP) is 0.464. The van der Waals surface area contributed by atoms with Crippen LogP contribution in [0, 0.1) is 0 Å². The van der Waals surface area contributed by atoms with Crippen LogP contribution in [0.5, 0.6) is 0 Å². The largest absolute Gasteiger partial charge is 0.336 e. The van der Waals surface area contributed by atoms with Crippen LogP contribution in [0.4, 0.5) is 5.95 Å². The number of aromatic nitrogens is 2. The first-order valence-electron chi connectivity index (χ1n) is 4.69. The molecule has 1 fully saturated rings. The monoisotopic (exact) mass is 194 g/mol. The van der Waals surface area contributed by atoms with Crippen molar-refractivity contribution in [1.82, 2.24) is 15.0 Å². The molecular formula is C9H14N4O. The molecule has 0 saturated carbocycles. The van der Waals surface area contributed by atoms with Crippen molar-refractivity contribution in [2.45, 2.75) is 0 Å². The molecule has 0 amide bonds. The SMILES string of the molecule is C=Cc1nc(N2CCN(C)CC2)no1. The van der Waals surface area contributed by atoms with Crippen LogP contribution in [0.2, 0.25) is 0 Å². The number of nitrogens with zero attached hydrogens (tertiary/aromatic N) is 4. The van der Waals surface area contributed by atoms with Crippen LogP contribution in [0.15, 0.2) is 11.1 Å². The summed E-state index contributed by atoms with van der Waals surface area (Å²) in [5.41, 5.74) is 0. The Balaban J connectivity index is 2.04. The summed E-state index contributed by atoms with van der Waals surface area (Å²) in [6.07, 6.45) is 1.56. The third-order valence-electron chi connectivity index (χ3n) is 2.39. The third-order valence-corrected chi connectivity index (χ3v) is 2.39. The van der Waals surface area contributed by atoms with Crippen LogP contribution in [0.3, 0.4) is 0 Å². The fraction of sp³-hybridized carbons (Fsp3) is 0.556. The molecule has 0 unspecified atom stereocenters. The highest BCUT2D eigenvalue weighted by atomic mass is 16.5. The van der Waals surface area contributed by atoms with E-state index in [1.165, 1.54) is 0 Å². The Hall–Kier alpha value is -1.36. The molecule has 2 rings (SSSR count). The van der Waals surface area contributed by atoms with Gasteiger partial charge in [0.25, 0.3) is 11.8 Å². The zero-order valence-corrected chi connectivity index (χ0v) is 8.31. The Kier molecular flexibility index (Phi) is 2.49. The molecule has 1 aromatic rings. The lowest BCUT2D eigenvalue weighted by Gasteiger charge is -2.31. The van der Waals surface area contributed by atoms with Crippen molar-refractivity contribution in [3.63, 3.8) is 0 Å². The Bertz CT molecular complexity index is 314. The molecule has 0 radical (unpaired) electrons. The van der Waals surface area contributed by atoms with Gasteiger partial charge in [0.05, 0.1) is 0 Å². The fourth-order valence-electron chi connectivity index (χ4n) is 1.44. The molecule has 1 aliphatic heterocycles. The van der Waals surface area contributed by atoms with Gasteiger partial charge in [0.2, 0.25) is 0 Å². The summed E-state index contributed by atoms with van der Waals surface area (Å²) in [5, 5.41) is 3.89. The van der Waals surface area contributed by atoms with Crippen molar-refractivity contribution in [3.8, 4) is 0 Å². The normalized spacial score (nSPS) is 18.5. The van der Waals surface area contributed by atoms with Crippen LogP contribution in [-0.4, -0.2) is 48.3 Å². The molecule has 5 heteroatoms. The lowest BCUT2D eigenvalue weighted by atomic mass is 10.3. The quantitative estimate of drug-likeness (QED) is 0.684. The highest BCUT2D eigenvalue weighted by Gasteiger charge is 2.18. The number of hydrogen-bond donors (Lipinski definition) is 0. The van der Waals surface area contributed by atoms with E-state index in [0.29, 0.717) is 11.8 Å². The zero-order chi connectivity index (χ0) is 9.97. The van der Waals surface area contributed by atoms with Gasteiger partial charge in [-0.15, -0.1) is 0 Å². The Morgan fingerprint density at radius 2 is 2.07 bits per heavy atom. The third kappa shape index (κ3) is 1.77. The van der Waals surface area contributed by atoms with Gasteiger partial charge in [-0.25, -0.2) is 0 Å². The van der Waals surface area contributed by atoms with E-state index in [0.717, 1.165) is 26.2 Å². The topological polar surface area (TPSA) is 45.4 Å². The number of likely N-dealkylation sites (N-methyl/N-ethyl adjacent to an activating group) is 1. The summed E-state index contributed by atoms with van der Waals surface area (Å²) in [5.74, 6) is 1.16. The number of rotatable bonds is 2. The van der Waals surface area contributed by atoms with Crippen molar-refractivity contribution in [3.05, 3.63) is 12.5 Å². The Labute approximate surface area is 83.0 Å². The molecule has 0 spiro atoms. The van der Waals surface area contributed by atoms with Gasteiger partial charge in [-0.1, -0.05) is 6.58 Å². The van der Waals surface area contributed by atoms with E-state index in [1.807, 2.05) is 0 Å². The van der Waals surface area contributed by atoms with Crippen molar-refractivity contribution in [2.24, 2.45) is 0 Å². The van der Waals surface area contributed by atoms with Crippen LogP contribution in [-0.2, 0) is 0 Å². The molecule has 2 heterocycles. The van der Waals surface area contributed by atoms with E-state index in [1.54, 1.807) is 6.08 Å². The minimum Gasteiger partial charge on any atom is -0.336 e. The van der Waals surface area contributed by atoms with E-state index >= 15 is 0 Å². The van der Waals surface area contributed by atoms with Crippen LogP contribution in [0.25, 0.3) is 6.08 Å². The van der Waals surface area contributed by atoms with E-state index in [4.69, 9.17) is 4.52 Å². The van der Waals surface area contributed by atoms with E-state index in [2.05, 4.69) is 33.6 Å². The van der Waals surface area contributed by atoms with E-state index in [9.17, 15) is 0 Å². The molecule has 76 valence electrons. The summed E-state index contributed by atoms with van der Waals surface area (Å²) >= 11 is 0. The van der Waals surface area contributed by atoms with Gasteiger partial charge < -0.3 is 14.3 Å². The molecular weight excluding hydrogens is 180 g/mol. The van der Waals surface area contributed by atoms with Gasteiger partial charge >= 0.3 is 0 Å². The molecule has 0 aliphatic carbocycles. The number of piperazine rings is 1. The van der Waals surface area contributed by atoms with Crippen molar-refractivity contribution in [1.29, 1.82) is 0 Å². The van der Waals surface area contributed by atoms with Gasteiger partial charge in [-0.05, 0) is 18.3 Å². The van der Waals surface area contributed by atoms with Gasteiger partial charge in [0.15, 0.2) is 0 Å². The average Bonchev–Trinajstić information content (AvgIpc) is 2.67. The van der Waals surface area contributed by atoms with Crippen LogP contribution >= 0.6 is 0 Å². The van der Waals surface area contributed by atoms with E-state index < -0.39 is 0 Å². The maximum absolute atomic E-state index is 4.96. The van der Waals surface area contributed by atoms with Crippen molar-refractivity contribution < 1.29 is 4.52 Å². The molecule has 0 atom stereocenters. The predicted molar refractivity (Wildman–Crippen MR) is 54.1 cm³/mol. The minimum atomic E-state index is 0.485. The summed E-state index contributed by atoms with van der Waals surface area (Å²) < 4.78 is 4.96. The molecule has 0 N–H and O–H groups in total. The van der Waals surface area contributed by atoms with E-state index in [-0.39, 0.29) is 0 Å². The second-order valence-electron chi connectivity index (χ2n) is 3.43. The first-order valence-corrected chi connectivity index (χ1v) is 4.69. The highest BCUT2D eigenvalue weighted by molar-refractivity contribution is 5.38. The summed E-state index contributed by atoms with van der Waals surface area (Å²) in [6, 6.07) is 0. The average molecular weight is 194 g/mol. The maximum Gasteiger partial charge on any atom is 0.266 e. The molecule has 1 aromatic heterocycles. The summed E-state index contributed by atoms with van der Waals surface area (Å²) in [6.45, 7) is 7.56. The first-order chi connectivity index (χ1) is 6.79. The Morgan fingerprint density at radius 3 is 2.64 bits per heavy atom. The second-order valence-corrected chi connectivity index (χ2v) is 3.43. The smallest absolute Gasteiger partial charge is 0.266 e. The standard InChI is InChI=1S/C9H14N4O/c1-3-8-10-9(11-14-8)13-6-4-12(2)5-7-13/h3H,1,4-7H2,2H3. The number of hydrogen-bond acceptors (Lipinski definition) is 5. The fourth-order valence-corrected chi connectivity index (χ4v) is 1.44. The molecule has 0 aromatic carbocycles. The molecule has 14 heavy (non-hydrogen) atoms. The summed E-state index contributed by atoms with van der Waals surface area (Å²) in [7, 11) is 2.11. The lowest BCUT2D eigenvalue weighted by Crippen LogP contribution is -2.44. The highest BCUT2D eigenvalue weighted by Crippen LogP contribution is 2.11. The van der Waals surface area contributed by atoms with Gasteiger partial charge in [0.1, 0.15) is 0 Å². The lowest BCUT2D eigenvalue weighted by molar-refractivity contribution is 0.309. The Morgan fingerprint density at radius 1 is 1.36 bits per heavy atom. The molecule has 0 bridgehead atoms. The molecule has 1 saturated heterocycles. The number of anilines is 1. The van der Waals surface area contributed by atoms with Crippen LogP contribution < -0.4 is 4.90 Å². The van der Waals surface area contributed by atoms with Gasteiger partial charge in [-0.3, -0.25) is 0 Å². The maximum atomic E-state index is 4.96. The zero-order valence-electron chi connectivity index (χ0n) is 8.31. The minimum absolute atomic E-state index is 0.485. The van der Waals surface area contributed by atoms with Crippen molar-refractivity contribution >= 4 is 12.0 Å². The summed E-state index contributed by atoms with van der Waals surface area (Å²) in [4.78, 5) is 8.59. The first kappa shape index (κ1) is 9.21. The van der Waals surface area contributed by atoms with Gasteiger partial charge in [0, 0.05) is 26.2 Å².